The molecule has 172 valence electrons. The van der Waals surface area contributed by atoms with Gasteiger partial charge in [-0.15, -0.1) is 0 Å². The highest BCUT2D eigenvalue weighted by Crippen LogP contribution is 2.31. The molecule has 0 radical (unpaired) electrons. The minimum atomic E-state index is -1.26. The van der Waals surface area contributed by atoms with E-state index in [2.05, 4.69) is 5.16 Å². The predicted octanol–water partition coefficient (Wildman–Crippen LogP) is 2.62. The Hall–Kier alpha value is -2.79. The second-order valence-corrected chi connectivity index (χ2v) is 8.35. The van der Waals surface area contributed by atoms with Crippen LogP contribution in [-0.4, -0.2) is 37.6 Å². The number of benzene rings is 1. The van der Waals surface area contributed by atoms with Gasteiger partial charge in [-0.1, -0.05) is 23.7 Å². The van der Waals surface area contributed by atoms with Gasteiger partial charge < -0.3 is 9.57 Å². The Kier molecular flexibility index (Phi) is 6.70. The molecule has 0 amide bonds. The topological polar surface area (TPSA) is 96.8 Å². The van der Waals surface area contributed by atoms with Crippen LogP contribution in [0, 0.1) is 10.6 Å². The molecular weight excluding hydrogens is 463 g/mol. The Morgan fingerprint density at radius 3 is 2.47 bits per heavy atom. The molecule has 1 aliphatic rings. The van der Waals surface area contributed by atoms with Crippen LogP contribution in [0.15, 0.2) is 26.9 Å². The smallest absolute Gasteiger partial charge is 0.353 e. The molecule has 12 heteroatoms. The van der Waals surface area contributed by atoms with Gasteiger partial charge in [0.2, 0.25) is 5.60 Å². The number of rotatable bonds is 5. The molecule has 1 unspecified atom stereocenters. The highest BCUT2D eigenvalue weighted by atomic mass is 35.5. The summed E-state index contributed by atoms with van der Waals surface area (Å²) in [5.41, 5.74) is -2.57. The standard InChI is InChI=1S/C20H22ClFN4O5S/c1-5-8-30-16(27)20(2)7-6-14(23-31-20)11-9-15(13(22)10-12(11)21)26-17(28)24(3)19(32)25(4)18(26)29/h9-10H,5-8H2,1-4H3. The minimum absolute atomic E-state index is 0.00912. The molecule has 0 N–H and O–H groups in total. The van der Waals surface area contributed by atoms with Crippen molar-refractivity contribution in [2.75, 3.05) is 6.61 Å². The SMILES string of the molecule is CCCOC(=O)C1(C)CCC(c2cc(-n3c(=O)n(C)c(=S)n(C)c3=O)c(F)cc2Cl)=NO1. The van der Waals surface area contributed by atoms with Gasteiger partial charge in [0.25, 0.3) is 0 Å². The van der Waals surface area contributed by atoms with Crippen LogP contribution in [0.3, 0.4) is 0 Å². The molecule has 0 spiro atoms. The number of hydrogen-bond donors (Lipinski definition) is 0. The Balaban J connectivity index is 2.07. The van der Waals surface area contributed by atoms with Gasteiger partial charge in [0.1, 0.15) is 5.82 Å². The van der Waals surface area contributed by atoms with Crippen LogP contribution in [0.1, 0.15) is 38.7 Å². The van der Waals surface area contributed by atoms with E-state index in [0.29, 0.717) is 16.7 Å². The highest BCUT2D eigenvalue weighted by molar-refractivity contribution is 7.71. The summed E-state index contributed by atoms with van der Waals surface area (Å²) < 4.78 is 22.7. The predicted molar refractivity (Wildman–Crippen MR) is 119 cm³/mol. The van der Waals surface area contributed by atoms with Crippen molar-refractivity contribution in [2.24, 2.45) is 19.3 Å². The van der Waals surface area contributed by atoms with Crippen LogP contribution in [0.2, 0.25) is 5.02 Å². The summed E-state index contributed by atoms with van der Waals surface area (Å²) in [6.45, 7) is 3.72. The lowest BCUT2D eigenvalue weighted by Gasteiger charge is -2.29. The molecule has 1 aromatic heterocycles. The molecular formula is C20H22ClFN4O5S. The van der Waals surface area contributed by atoms with Gasteiger partial charge in [-0.3, -0.25) is 9.13 Å². The zero-order valence-corrected chi connectivity index (χ0v) is 19.5. The lowest BCUT2D eigenvalue weighted by atomic mass is 9.94. The lowest BCUT2D eigenvalue weighted by molar-refractivity contribution is -0.172. The maximum Gasteiger partial charge on any atom is 0.353 e. The summed E-state index contributed by atoms with van der Waals surface area (Å²) in [6.07, 6.45) is 1.19. The third-order valence-electron chi connectivity index (χ3n) is 5.18. The number of nitrogens with zero attached hydrogens (tertiary/aromatic N) is 4. The third-order valence-corrected chi connectivity index (χ3v) is 6.04. The first kappa shape index (κ1) is 23.9. The molecule has 32 heavy (non-hydrogen) atoms. The summed E-state index contributed by atoms with van der Waals surface area (Å²) >= 11 is 11.3. The van der Waals surface area contributed by atoms with E-state index in [9.17, 15) is 18.8 Å². The number of oxime groups is 1. The van der Waals surface area contributed by atoms with Gasteiger partial charge in [-0.2, -0.15) is 0 Å². The largest absolute Gasteiger partial charge is 0.463 e. The van der Waals surface area contributed by atoms with E-state index in [1.165, 1.54) is 20.2 Å². The van der Waals surface area contributed by atoms with E-state index in [-0.39, 0.29) is 40.5 Å². The molecule has 2 aromatic rings. The molecule has 1 aliphatic heterocycles. The van der Waals surface area contributed by atoms with Crippen molar-refractivity contribution in [3.8, 4) is 5.69 Å². The van der Waals surface area contributed by atoms with Crippen LogP contribution in [0.5, 0.6) is 0 Å². The summed E-state index contributed by atoms with van der Waals surface area (Å²) in [6, 6.07) is 2.25. The van der Waals surface area contributed by atoms with Crippen molar-refractivity contribution >= 4 is 35.5 Å². The fourth-order valence-corrected chi connectivity index (χ4v) is 3.60. The van der Waals surface area contributed by atoms with Crippen molar-refractivity contribution in [1.29, 1.82) is 0 Å². The van der Waals surface area contributed by atoms with Gasteiger partial charge in [0.15, 0.2) is 4.77 Å². The number of ether oxygens (including phenoxy) is 1. The van der Waals surface area contributed by atoms with Crippen LogP contribution < -0.4 is 11.4 Å². The monoisotopic (exact) mass is 484 g/mol. The number of halogens is 2. The molecule has 0 fully saturated rings. The van der Waals surface area contributed by atoms with Crippen LogP contribution in [0.25, 0.3) is 5.69 Å². The maximum atomic E-state index is 14.8. The average molecular weight is 485 g/mol. The fraction of sp³-hybridized carbons (Fsp3) is 0.450. The van der Waals surface area contributed by atoms with E-state index in [0.717, 1.165) is 15.2 Å². The van der Waals surface area contributed by atoms with Gasteiger partial charge >= 0.3 is 17.3 Å². The zero-order chi connectivity index (χ0) is 23.8. The summed E-state index contributed by atoms with van der Waals surface area (Å²) in [5.74, 6) is -1.40. The third kappa shape index (κ3) is 4.14. The van der Waals surface area contributed by atoms with Crippen LogP contribution in [-0.2, 0) is 28.5 Å². The Morgan fingerprint density at radius 2 is 1.94 bits per heavy atom. The Morgan fingerprint density at radius 1 is 1.31 bits per heavy atom. The van der Waals surface area contributed by atoms with E-state index in [4.69, 9.17) is 33.4 Å². The first-order valence-corrected chi connectivity index (χ1v) is 10.6. The number of carbonyl (C=O) groups excluding carboxylic acids is 1. The zero-order valence-electron chi connectivity index (χ0n) is 18.0. The molecule has 1 atom stereocenters. The fourth-order valence-electron chi connectivity index (χ4n) is 3.18. The maximum absolute atomic E-state index is 14.8. The second-order valence-electron chi connectivity index (χ2n) is 7.58. The molecule has 0 saturated carbocycles. The van der Waals surface area contributed by atoms with Gasteiger partial charge in [-0.25, -0.2) is 23.3 Å². The van der Waals surface area contributed by atoms with E-state index in [1.54, 1.807) is 6.92 Å². The quantitative estimate of drug-likeness (QED) is 0.478. The summed E-state index contributed by atoms with van der Waals surface area (Å²) in [7, 11) is 2.76. The Bertz CT molecular complexity index is 1260. The van der Waals surface area contributed by atoms with E-state index < -0.39 is 28.8 Å². The molecule has 2 heterocycles. The molecule has 0 saturated heterocycles. The van der Waals surface area contributed by atoms with Crippen LogP contribution >= 0.6 is 23.8 Å². The van der Waals surface area contributed by atoms with E-state index >= 15 is 0 Å². The van der Waals surface area contributed by atoms with Crippen LogP contribution in [0.4, 0.5) is 4.39 Å². The first-order valence-electron chi connectivity index (χ1n) is 9.83. The number of carbonyl (C=O) groups is 1. The average Bonchev–Trinajstić information content (AvgIpc) is 2.77. The first-order chi connectivity index (χ1) is 15.0. The molecule has 1 aromatic carbocycles. The minimum Gasteiger partial charge on any atom is -0.463 e. The van der Waals surface area contributed by atoms with Crippen molar-refractivity contribution in [1.82, 2.24) is 13.7 Å². The van der Waals surface area contributed by atoms with Gasteiger partial charge in [0, 0.05) is 26.1 Å². The van der Waals surface area contributed by atoms with Crippen molar-refractivity contribution in [3.05, 3.63) is 54.3 Å². The normalized spacial score (nSPS) is 18.1. The van der Waals surface area contributed by atoms with Gasteiger partial charge in [-0.05, 0) is 44.1 Å². The number of hydrogen-bond acceptors (Lipinski definition) is 7. The lowest BCUT2D eigenvalue weighted by Crippen LogP contribution is -2.44. The molecule has 0 bridgehead atoms. The van der Waals surface area contributed by atoms with Crippen molar-refractivity contribution in [3.63, 3.8) is 0 Å². The van der Waals surface area contributed by atoms with Crippen molar-refractivity contribution in [2.45, 2.75) is 38.7 Å². The molecule has 3 rings (SSSR count). The van der Waals surface area contributed by atoms with Gasteiger partial charge in [0.05, 0.1) is 23.0 Å². The highest BCUT2D eigenvalue weighted by Gasteiger charge is 2.41. The number of esters is 1. The summed E-state index contributed by atoms with van der Waals surface area (Å²) in [4.78, 5) is 43.0. The molecule has 9 nitrogen and oxygen atoms in total. The summed E-state index contributed by atoms with van der Waals surface area (Å²) in [5, 5.41) is 4.03. The Labute approximate surface area is 192 Å². The number of aromatic nitrogens is 3. The molecule has 0 aliphatic carbocycles. The second kappa shape index (κ2) is 8.99. The van der Waals surface area contributed by atoms with Crippen molar-refractivity contribution < 1.29 is 18.8 Å². The van der Waals surface area contributed by atoms with E-state index in [1.807, 2.05) is 6.92 Å².